The third kappa shape index (κ3) is 4.83. The average Bonchev–Trinajstić information content (AvgIpc) is 2.54. The summed E-state index contributed by atoms with van der Waals surface area (Å²) in [6, 6.07) is 11.4. The van der Waals surface area contributed by atoms with Gasteiger partial charge in [0.15, 0.2) is 11.5 Å². The van der Waals surface area contributed by atoms with Gasteiger partial charge in [-0.05, 0) is 31.4 Å². The summed E-state index contributed by atoms with van der Waals surface area (Å²) in [7, 11) is 0. The number of amides is 1. The Bertz CT molecular complexity index is 795. The number of rotatable bonds is 6. The maximum atomic E-state index is 11.6. The van der Waals surface area contributed by atoms with Gasteiger partial charge < -0.3 is 14.4 Å². The molecule has 2 rings (SSSR count). The molecule has 0 radical (unpaired) electrons. The molecule has 0 aliphatic carbocycles. The van der Waals surface area contributed by atoms with Crippen LogP contribution >= 0.6 is 0 Å². The molecule has 132 valence electrons. The van der Waals surface area contributed by atoms with Crippen molar-refractivity contribution in [3.8, 4) is 11.5 Å². The minimum absolute atomic E-state index is 0.0305. The van der Waals surface area contributed by atoms with Crippen LogP contribution in [0.5, 0.6) is 11.5 Å². The van der Waals surface area contributed by atoms with E-state index in [2.05, 4.69) is 0 Å². The van der Waals surface area contributed by atoms with E-state index in [1.165, 1.54) is 13.8 Å². The Balaban J connectivity index is 2.24. The third-order valence-corrected chi connectivity index (χ3v) is 3.61. The van der Waals surface area contributed by atoms with E-state index in [-0.39, 0.29) is 18.6 Å². The Labute approximate surface area is 147 Å². The summed E-state index contributed by atoms with van der Waals surface area (Å²) in [5, 5.41) is 1.85. The van der Waals surface area contributed by atoms with Crippen molar-refractivity contribution in [1.82, 2.24) is 4.90 Å². The molecule has 0 spiro atoms. The van der Waals surface area contributed by atoms with Crippen molar-refractivity contribution < 1.29 is 19.1 Å². The topological polar surface area (TPSA) is 55.8 Å². The highest BCUT2D eigenvalue weighted by Crippen LogP contribution is 2.35. The van der Waals surface area contributed by atoms with Gasteiger partial charge in [0.1, 0.15) is 6.61 Å². The third-order valence-electron chi connectivity index (χ3n) is 3.61. The molecule has 0 bridgehead atoms. The highest BCUT2D eigenvalue weighted by molar-refractivity contribution is 5.91. The van der Waals surface area contributed by atoms with E-state index in [4.69, 9.17) is 9.47 Å². The molecule has 5 heteroatoms. The van der Waals surface area contributed by atoms with Crippen LogP contribution in [-0.2, 0) is 9.59 Å². The lowest BCUT2D eigenvalue weighted by atomic mass is 10.1. The summed E-state index contributed by atoms with van der Waals surface area (Å²) in [5.74, 6) is 0.457. The van der Waals surface area contributed by atoms with Gasteiger partial charge in [-0.1, -0.05) is 30.3 Å². The minimum Gasteiger partial charge on any atom is -0.485 e. The van der Waals surface area contributed by atoms with Gasteiger partial charge in [0.25, 0.3) is 0 Å². The van der Waals surface area contributed by atoms with Gasteiger partial charge in [0.2, 0.25) is 5.91 Å². The van der Waals surface area contributed by atoms with Gasteiger partial charge in [-0.3, -0.25) is 9.59 Å². The summed E-state index contributed by atoms with van der Waals surface area (Å²) < 4.78 is 11.1. The zero-order valence-electron chi connectivity index (χ0n) is 15.0. The molecule has 0 atom stereocenters. The summed E-state index contributed by atoms with van der Waals surface area (Å²) in [6.45, 7) is 7.01. The van der Waals surface area contributed by atoms with Crippen molar-refractivity contribution in [2.75, 3.05) is 6.61 Å². The summed E-state index contributed by atoms with van der Waals surface area (Å²) in [5.41, 5.74) is 0. The van der Waals surface area contributed by atoms with Gasteiger partial charge in [-0.2, -0.15) is 0 Å². The summed E-state index contributed by atoms with van der Waals surface area (Å²) in [6.07, 6.45) is 3.48. The van der Waals surface area contributed by atoms with Gasteiger partial charge in [-0.15, -0.1) is 0 Å². The molecule has 0 saturated heterocycles. The summed E-state index contributed by atoms with van der Waals surface area (Å²) in [4.78, 5) is 24.5. The summed E-state index contributed by atoms with van der Waals surface area (Å²) >= 11 is 0. The van der Waals surface area contributed by atoms with Crippen LogP contribution < -0.4 is 9.47 Å². The van der Waals surface area contributed by atoms with E-state index in [0.717, 1.165) is 10.8 Å². The number of nitrogens with zero attached hydrogens (tertiary/aromatic N) is 1. The lowest BCUT2D eigenvalue weighted by molar-refractivity contribution is -0.132. The van der Waals surface area contributed by atoms with Crippen LogP contribution in [0.3, 0.4) is 0 Å². The Kier molecular flexibility index (Phi) is 6.17. The molecule has 1 amide bonds. The monoisotopic (exact) mass is 341 g/mol. The van der Waals surface area contributed by atoms with Crippen LogP contribution in [-0.4, -0.2) is 29.4 Å². The smallest absolute Gasteiger partial charge is 0.308 e. The van der Waals surface area contributed by atoms with Gasteiger partial charge in [0.05, 0.1) is 0 Å². The van der Waals surface area contributed by atoms with E-state index in [9.17, 15) is 9.59 Å². The molecular weight excluding hydrogens is 318 g/mol. The van der Waals surface area contributed by atoms with Crippen molar-refractivity contribution in [1.29, 1.82) is 0 Å². The predicted molar refractivity (Wildman–Crippen MR) is 97.5 cm³/mol. The second-order valence-corrected chi connectivity index (χ2v) is 5.92. The second-order valence-electron chi connectivity index (χ2n) is 5.92. The molecule has 0 aliphatic rings. The number of hydrogen-bond donors (Lipinski definition) is 0. The number of ether oxygens (including phenoxy) is 2. The maximum absolute atomic E-state index is 11.6. The number of carbonyl (C=O) groups is 2. The SMILES string of the molecule is CC(=O)Oc1ccc2ccccc2c1OC/C=C\N(C(C)=O)C(C)C. The molecule has 0 fully saturated rings. The number of esters is 1. The number of carbonyl (C=O) groups excluding carboxylic acids is 2. The van der Waals surface area contributed by atoms with Crippen molar-refractivity contribution in [2.45, 2.75) is 33.7 Å². The fourth-order valence-electron chi connectivity index (χ4n) is 2.54. The number of hydrogen-bond acceptors (Lipinski definition) is 4. The molecular formula is C20H23NO4. The van der Waals surface area contributed by atoms with Crippen LogP contribution in [0.15, 0.2) is 48.7 Å². The molecule has 0 aromatic heterocycles. The van der Waals surface area contributed by atoms with Crippen LogP contribution in [0.2, 0.25) is 0 Å². The lowest BCUT2D eigenvalue weighted by Crippen LogP contribution is -2.29. The highest BCUT2D eigenvalue weighted by Gasteiger charge is 2.12. The van der Waals surface area contributed by atoms with E-state index in [1.54, 1.807) is 23.2 Å². The molecule has 0 heterocycles. The highest BCUT2D eigenvalue weighted by atomic mass is 16.6. The Morgan fingerprint density at radius 1 is 1.12 bits per heavy atom. The van der Waals surface area contributed by atoms with Crippen molar-refractivity contribution >= 4 is 22.6 Å². The number of benzene rings is 2. The van der Waals surface area contributed by atoms with Gasteiger partial charge in [0, 0.05) is 31.5 Å². The Morgan fingerprint density at radius 3 is 2.48 bits per heavy atom. The van der Waals surface area contributed by atoms with Crippen LogP contribution in [0.25, 0.3) is 10.8 Å². The second kappa shape index (κ2) is 8.33. The Morgan fingerprint density at radius 2 is 1.84 bits per heavy atom. The average molecular weight is 341 g/mol. The van der Waals surface area contributed by atoms with Gasteiger partial charge in [-0.25, -0.2) is 0 Å². The van der Waals surface area contributed by atoms with Crippen molar-refractivity contribution in [3.63, 3.8) is 0 Å². The van der Waals surface area contributed by atoms with Crippen molar-refractivity contribution in [3.05, 3.63) is 48.7 Å². The molecule has 0 saturated carbocycles. The molecule has 2 aromatic rings. The Hall–Kier alpha value is -2.82. The molecule has 5 nitrogen and oxygen atoms in total. The minimum atomic E-state index is -0.404. The lowest BCUT2D eigenvalue weighted by Gasteiger charge is -2.20. The zero-order valence-corrected chi connectivity index (χ0v) is 15.0. The van der Waals surface area contributed by atoms with Crippen LogP contribution in [0, 0.1) is 0 Å². The van der Waals surface area contributed by atoms with Crippen LogP contribution in [0.4, 0.5) is 0 Å². The fourth-order valence-corrected chi connectivity index (χ4v) is 2.54. The van der Waals surface area contributed by atoms with Gasteiger partial charge >= 0.3 is 5.97 Å². The molecule has 0 N–H and O–H groups in total. The number of fused-ring (bicyclic) bond motifs is 1. The van der Waals surface area contributed by atoms with E-state index in [1.807, 2.05) is 44.2 Å². The first-order valence-corrected chi connectivity index (χ1v) is 8.18. The van der Waals surface area contributed by atoms with E-state index >= 15 is 0 Å². The van der Waals surface area contributed by atoms with E-state index in [0.29, 0.717) is 11.5 Å². The fraction of sp³-hybridized carbons (Fsp3) is 0.300. The molecule has 25 heavy (non-hydrogen) atoms. The standard InChI is InChI=1S/C20H23NO4/c1-14(2)21(15(3)22)12-7-13-24-20-18-9-6-5-8-17(18)10-11-19(20)25-16(4)23/h5-12,14H,13H2,1-4H3/b12-7-. The predicted octanol–water partition coefficient (Wildman–Crippen LogP) is 3.91. The van der Waals surface area contributed by atoms with Crippen molar-refractivity contribution in [2.24, 2.45) is 0 Å². The normalized spacial score (nSPS) is 11.1. The maximum Gasteiger partial charge on any atom is 0.308 e. The quantitative estimate of drug-likeness (QED) is 0.590. The molecule has 0 aliphatic heterocycles. The largest absolute Gasteiger partial charge is 0.485 e. The first kappa shape index (κ1) is 18.5. The zero-order chi connectivity index (χ0) is 18.4. The first-order chi connectivity index (χ1) is 11.9. The van der Waals surface area contributed by atoms with E-state index < -0.39 is 5.97 Å². The molecule has 2 aromatic carbocycles. The van der Waals surface area contributed by atoms with Crippen LogP contribution in [0.1, 0.15) is 27.7 Å². The first-order valence-electron chi connectivity index (χ1n) is 8.18. The molecule has 0 unspecified atom stereocenters.